The lowest BCUT2D eigenvalue weighted by atomic mass is 10.0. The molecule has 2 aromatic carbocycles. The number of thiophene rings is 1. The SMILES string of the molecule is Cn1ccnc1-c1sccc1NC(=O)Cc1cccc2ccccc12. The fourth-order valence-electron chi connectivity index (χ4n) is 2.98. The monoisotopic (exact) mass is 347 g/mol. The third-order valence-corrected chi connectivity index (χ3v) is 5.10. The Hall–Kier alpha value is -2.92. The van der Waals surface area contributed by atoms with Crippen molar-refractivity contribution in [3.63, 3.8) is 0 Å². The summed E-state index contributed by atoms with van der Waals surface area (Å²) in [5, 5.41) is 7.28. The van der Waals surface area contributed by atoms with Crippen molar-refractivity contribution < 1.29 is 4.79 Å². The minimum atomic E-state index is -0.0230. The summed E-state index contributed by atoms with van der Waals surface area (Å²) < 4.78 is 1.95. The summed E-state index contributed by atoms with van der Waals surface area (Å²) >= 11 is 1.57. The summed E-state index contributed by atoms with van der Waals surface area (Å²) in [6, 6.07) is 16.1. The Labute approximate surface area is 149 Å². The maximum absolute atomic E-state index is 12.6. The molecule has 1 N–H and O–H groups in total. The van der Waals surface area contributed by atoms with Gasteiger partial charge >= 0.3 is 0 Å². The van der Waals surface area contributed by atoms with Gasteiger partial charge in [0.1, 0.15) is 0 Å². The van der Waals surface area contributed by atoms with Crippen LogP contribution in [0.4, 0.5) is 5.69 Å². The molecular weight excluding hydrogens is 330 g/mol. The summed E-state index contributed by atoms with van der Waals surface area (Å²) in [5.74, 6) is 0.834. The van der Waals surface area contributed by atoms with Crippen molar-refractivity contribution in [2.24, 2.45) is 7.05 Å². The standard InChI is InChI=1S/C20H17N3OS/c1-23-11-10-21-20(23)19-17(9-12-25-19)22-18(24)13-15-7-4-6-14-5-2-3-8-16(14)15/h2-12H,13H2,1H3,(H,22,24). The lowest BCUT2D eigenvalue weighted by molar-refractivity contribution is -0.115. The minimum Gasteiger partial charge on any atom is -0.333 e. The van der Waals surface area contributed by atoms with Gasteiger partial charge < -0.3 is 9.88 Å². The van der Waals surface area contributed by atoms with Gasteiger partial charge in [0.25, 0.3) is 0 Å². The molecule has 4 nitrogen and oxygen atoms in total. The maximum Gasteiger partial charge on any atom is 0.228 e. The van der Waals surface area contributed by atoms with E-state index in [2.05, 4.69) is 28.5 Å². The van der Waals surface area contributed by atoms with Crippen LogP contribution in [0.1, 0.15) is 5.56 Å². The van der Waals surface area contributed by atoms with Gasteiger partial charge in [-0.05, 0) is 27.8 Å². The van der Waals surface area contributed by atoms with Crippen LogP contribution in [-0.4, -0.2) is 15.5 Å². The Morgan fingerprint density at radius 1 is 1.16 bits per heavy atom. The molecule has 2 aromatic heterocycles. The summed E-state index contributed by atoms with van der Waals surface area (Å²) in [6.07, 6.45) is 4.00. The zero-order valence-electron chi connectivity index (χ0n) is 13.8. The zero-order chi connectivity index (χ0) is 17.2. The minimum absolute atomic E-state index is 0.0230. The van der Waals surface area contributed by atoms with Crippen LogP contribution in [0, 0.1) is 0 Å². The van der Waals surface area contributed by atoms with Crippen LogP contribution in [0.2, 0.25) is 0 Å². The fourth-order valence-corrected chi connectivity index (χ4v) is 3.87. The highest BCUT2D eigenvalue weighted by Crippen LogP contribution is 2.32. The molecule has 1 amide bonds. The molecule has 0 aliphatic carbocycles. The molecule has 4 rings (SSSR count). The van der Waals surface area contributed by atoms with Crippen molar-refractivity contribution in [1.29, 1.82) is 0 Å². The van der Waals surface area contributed by atoms with Crippen LogP contribution >= 0.6 is 11.3 Å². The molecule has 0 spiro atoms. The highest BCUT2D eigenvalue weighted by molar-refractivity contribution is 7.14. The van der Waals surface area contributed by atoms with Crippen molar-refractivity contribution >= 4 is 33.7 Å². The van der Waals surface area contributed by atoms with Crippen LogP contribution in [0.25, 0.3) is 21.5 Å². The van der Waals surface area contributed by atoms with Crippen LogP contribution in [0.15, 0.2) is 66.3 Å². The predicted octanol–water partition coefficient (Wildman–Crippen LogP) is 4.48. The number of hydrogen-bond acceptors (Lipinski definition) is 3. The molecule has 0 radical (unpaired) electrons. The second-order valence-corrected chi connectivity index (χ2v) is 6.80. The molecule has 0 atom stereocenters. The molecule has 4 aromatic rings. The summed E-state index contributed by atoms with van der Waals surface area (Å²) in [6.45, 7) is 0. The smallest absolute Gasteiger partial charge is 0.228 e. The molecule has 25 heavy (non-hydrogen) atoms. The predicted molar refractivity (Wildman–Crippen MR) is 103 cm³/mol. The van der Waals surface area contributed by atoms with Gasteiger partial charge in [-0.2, -0.15) is 0 Å². The second-order valence-electron chi connectivity index (χ2n) is 5.89. The van der Waals surface area contributed by atoms with Gasteiger partial charge in [-0.25, -0.2) is 4.98 Å². The lowest BCUT2D eigenvalue weighted by Crippen LogP contribution is -2.14. The van der Waals surface area contributed by atoms with Crippen molar-refractivity contribution in [3.8, 4) is 10.7 Å². The average Bonchev–Trinajstić information content (AvgIpc) is 3.23. The molecule has 0 unspecified atom stereocenters. The number of rotatable bonds is 4. The fraction of sp³-hybridized carbons (Fsp3) is 0.100. The van der Waals surface area contributed by atoms with E-state index in [4.69, 9.17) is 0 Å². The molecule has 0 saturated carbocycles. The van der Waals surface area contributed by atoms with Crippen molar-refractivity contribution in [2.75, 3.05) is 5.32 Å². The Bertz CT molecular complexity index is 1040. The first-order valence-electron chi connectivity index (χ1n) is 8.04. The normalized spacial score (nSPS) is 10.9. The van der Waals surface area contributed by atoms with E-state index in [1.54, 1.807) is 17.5 Å². The number of nitrogens with one attached hydrogen (secondary N) is 1. The molecule has 0 fully saturated rings. The second kappa shape index (κ2) is 6.53. The number of carbonyl (C=O) groups excluding carboxylic acids is 1. The first kappa shape index (κ1) is 15.6. The number of amides is 1. The number of benzene rings is 2. The molecule has 0 aliphatic heterocycles. The quantitative estimate of drug-likeness (QED) is 0.591. The van der Waals surface area contributed by atoms with Crippen molar-refractivity contribution in [1.82, 2.24) is 9.55 Å². The molecule has 5 heteroatoms. The number of anilines is 1. The van der Waals surface area contributed by atoms with E-state index in [1.807, 2.05) is 53.5 Å². The summed E-state index contributed by atoms with van der Waals surface area (Å²) in [5.41, 5.74) is 1.84. The van der Waals surface area contributed by atoms with Gasteiger partial charge in [0.05, 0.1) is 17.0 Å². The first-order valence-corrected chi connectivity index (χ1v) is 8.92. The molecule has 0 saturated heterocycles. The van der Waals surface area contributed by atoms with E-state index in [1.165, 1.54) is 0 Å². The van der Waals surface area contributed by atoms with E-state index in [-0.39, 0.29) is 5.91 Å². The van der Waals surface area contributed by atoms with Crippen LogP contribution < -0.4 is 5.32 Å². The summed E-state index contributed by atoms with van der Waals surface area (Å²) in [4.78, 5) is 17.9. The van der Waals surface area contributed by atoms with Gasteiger partial charge in [-0.15, -0.1) is 11.3 Å². The average molecular weight is 347 g/mol. The number of fused-ring (bicyclic) bond motifs is 1. The van der Waals surface area contributed by atoms with Crippen LogP contribution in [-0.2, 0) is 18.3 Å². The maximum atomic E-state index is 12.6. The van der Waals surface area contributed by atoms with E-state index in [0.717, 1.165) is 32.7 Å². The highest BCUT2D eigenvalue weighted by atomic mass is 32.1. The van der Waals surface area contributed by atoms with Gasteiger partial charge in [0.15, 0.2) is 5.82 Å². The number of carbonyl (C=O) groups is 1. The molecule has 0 bridgehead atoms. The van der Waals surface area contributed by atoms with E-state index in [0.29, 0.717) is 6.42 Å². The van der Waals surface area contributed by atoms with Crippen LogP contribution in [0.3, 0.4) is 0 Å². The van der Waals surface area contributed by atoms with Crippen molar-refractivity contribution in [2.45, 2.75) is 6.42 Å². The Morgan fingerprint density at radius 3 is 2.84 bits per heavy atom. The zero-order valence-corrected chi connectivity index (χ0v) is 14.6. The van der Waals surface area contributed by atoms with Gasteiger partial charge in [-0.1, -0.05) is 42.5 Å². The Morgan fingerprint density at radius 2 is 2.00 bits per heavy atom. The number of nitrogens with zero attached hydrogens (tertiary/aromatic N) is 2. The first-order chi connectivity index (χ1) is 12.2. The topological polar surface area (TPSA) is 46.9 Å². The Kier molecular flexibility index (Phi) is 4.07. The van der Waals surface area contributed by atoms with Crippen LogP contribution in [0.5, 0.6) is 0 Å². The summed E-state index contributed by atoms with van der Waals surface area (Å²) in [7, 11) is 1.95. The third-order valence-electron chi connectivity index (χ3n) is 4.19. The van der Waals surface area contributed by atoms with Gasteiger partial charge in [0.2, 0.25) is 5.91 Å². The van der Waals surface area contributed by atoms with Gasteiger partial charge in [0, 0.05) is 19.4 Å². The Balaban J connectivity index is 1.58. The van der Waals surface area contributed by atoms with Crippen molar-refractivity contribution in [3.05, 3.63) is 71.9 Å². The van der Waals surface area contributed by atoms with E-state index in [9.17, 15) is 4.79 Å². The third kappa shape index (κ3) is 3.06. The molecular formula is C20H17N3OS. The molecule has 0 aliphatic rings. The number of aryl methyl sites for hydroxylation is 1. The highest BCUT2D eigenvalue weighted by Gasteiger charge is 2.14. The lowest BCUT2D eigenvalue weighted by Gasteiger charge is -2.09. The molecule has 2 heterocycles. The number of aromatic nitrogens is 2. The van der Waals surface area contributed by atoms with Gasteiger partial charge in [-0.3, -0.25) is 4.79 Å². The number of imidazole rings is 1. The molecule has 124 valence electrons. The largest absolute Gasteiger partial charge is 0.333 e. The van der Waals surface area contributed by atoms with E-state index < -0.39 is 0 Å². The number of hydrogen-bond donors (Lipinski definition) is 1. The van der Waals surface area contributed by atoms with E-state index >= 15 is 0 Å².